The number of carbonyl (C=O) groups excluding carboxylic acids is 1. The Morgan fingerprint density at radius 3 is 2.41 bits per heavy atom. The molecule has 0 spiro atoms. The molecule has 0 aliphatic carbocycles. The van der Waals surface area contributed by atoms with Crippen molar-refractivity contribution in [3.05, 3.63) is 58.9 Å². The monoisotopic (exact) mass is 414 g/mol. The van der Waals surface area contributed by atoms with Crippen LogP contribution in [-0.2, 0) is 21.4 Å². The lowest BCUT2D eigenvalue weighted by Gasteiger charge is -2.28. The molecule has 0 aromatic heterocycles. The van der Waals surface area contributed by atoms with Crippen LogP contribution in [0.4, 0.5) is 10.1 Å². The second kappa shape index (κ2) is 8.58. The number of nitrogens with one attached hydrogen (secondary N) is 1. The first-order valence-electron chi connectivity index (χ1n) is 7.98. The number of methoxy groups -OCH3 is 1. The molecular weight excluding hydrogens is 395 g/mol. The molecular formula is C18H20ClFN2O4S. The fraction of sp³-hybridized carbons (Fsp3) is 0.278. The number of carbonyl (C=O) groups is 1. The molecule has 0 heterocycles. The van der Waals surface area contributed by atoms with Gasteiger partial charge in [0.1, 0.15) is 17.6 Å². The minimum Gasteiger partial charge on any atom is -0.495 e. The van der Waals surface area contributed by atoms with E-state index in [0.29, 0.717) is 11.3 Å². The predicted octanol–water partition coefficient (Wildman–Crippen LogP) is 2.96. The van der Waals surface area contributed by atoms with Crippen molar-refractivity contribution < 1.29 is 22.3 Å². The van der Waals surface area contributed by atoms with Crippen molar-refractivity contribution in [3.63, 3.8) is 0 Å². The second-order valence-electron chi connectivity index (χ2n) is 5.90. The minimum atomic E-state index is -3.76. The van der Waals surface area contributed by atoms with Gasteiger partial charge in [-0.25, -0.2) is 12.8 Å². The van der Waals surface area contributed by atoms with Gasteiger partial charge in [-0.1, -0.05) is 23.7 Å². The first-order chi connectivity index (χ1) is 12.6. The first-order valence-corrected chi connectivity index (χ1v) is 10.2. The standard InChI is InChI=1S/C18H20ClFN2O4S/c1-12(18(23)21-11-13-4-6-14(20)7-5-13)22(27(3,24)25)15-8-9-17(26-2)16(19)10-15/h4-10,12H,11H2,1-3H3,(H,21,23). The molecule has 27 heavy (non-hydrogen) atoms. The Labute approximate surface area is 162 Å². The van der Waals surface area contributed by atoms with Crippen molar-refractivity contribution in [3.8, 4) is 5.75 Å². The third-order valence-corrected chi connectivity index (χ3v) is 5.40. The van der Waals surface area contributed by atoms with E-state index in [4.69, 9.17) is 16.3 Å². The Balaban J connectivity index is 2.21. The van der Waals surface area contributed by atoms with Gasteiger partial charge in [0.2, 0.25) is 15.9 Å². The van der Waals surface area contributed by atoms with Gasteiger partial charge in [-0.05, 0) is 42.8 Å². The number of anilines is 1. The van der Waals surface area contributed by atoms with Crippen molar-refractivity contribution in [2.45, 2.75) is 19.5 Å². The third kappa shape index (κ3) is 5.33. The number of sulfonamides is 1. The van der Waals surface area contributed by atoms with Crippen LogP contribution in [0.3, 0.4) is 0 Å². The highest BCUT2D eigenvalue weighted by Gasteiger charge is 2.29. The summed E-state index contributed by atoms with van der Waals surface area (Å²) in [6.07, 6.45) is 1.01. The van der Waals surface area contributed by atoms with E-state index in [9.17, 15) is 17.6 Å². The molecule has 146 valence electrons. The van der Waals surface area contributed by atoms with E-state index < -0.39 is 22.0 Å². The highest BCUT2D eigenvalue weighted by molar-refractivity contribution is 7.92. The largest absolute Gasteiger partial charge is 0.495 e. The van der Waals surface area contributed by atoms with E-state index in [1.165, 1.54) is 56.5 Å². The number of benzene rings is 2. The summed E-state index contributed by atoms with van der Waals surface area (Å²) in [5.74, 6) is -0.489. The lowest BCUT2D eigenvalue weighted by molar-refractivity contribution is -0.122. The maximum Gasteiger partial charge on any atom is 0.243 e. The maximum absolute atomic E-state index is 12.9. The Hall–Kier alpha value is -2.32. The van der Waals surface area contributed by atoms with Crippen molar-refractivity contribution in [1.29, 1.82) is 0 Å². The summed E-state index contributed by atoms with van der Waals surface area (Å²) in [6, 6.07) is 9.08. The quantitative estimate of drug-likeness (QED) is 0.755. The van der Waals surface area contributed by atoms with Gasteiger partial charge in [0.15, 0.2) is 0 Å². The highest BCUT2D eigenvalue weighted by atomic mass is 35.5. The predicted molar refractivity (Wildman–Crippen MR) is 103 cm³/mol. The zero-order valence-corrected chi connectivity index (χ0v) is 16.6. The molecule has 0 fully saturated rings. The molecule has 0 aliphatic rings. The molecule has 6 nitrogen and oxygen atoms in total. The lowest BCUT2D eigenvalue weighted by Crippen LogP contribution is -2.47. The molecule has 9 heteroatoms. The van der Waals surface area contributed by atoms with Gasteiger partial charge in [-0.3, -0.25) is 9.10 Å². The number of rotatable bonds is 7. The first kappa shape index (κ1) is 21.0. The smallest absolute Gasteiger partial charge is 0.243 e. The number of ether oxygens (including phenoxy) is 1. The van der Waals surface area contributed by atoms with Gasteiger partial charge in [0, 0.05) is 6.54 Å². The van der Waals surface area contributed by atoms with Crippen LogP contribution in [-0.4, -0.2) is 33.7 Å². The van der Waals surface area contributed by atoms with Crippen LogP contribution in [0, 0.1) is 5.82 Å². The van der Waals surface area contributed by atoms with Crippen molar-refractivity contribution in [2.75, 3.05) is 17.7 Å². The number of amides is 1. The zero-order valence-electron chi connectivity index (χ0n) is 15.1. The summed E-state index contributed by atoms with van der Waals surface area (Å²) in [7, 11) is -2.32. The summed E-state index contributed by atoms with van der Waals surface area (Å²) in [4.78, 5) is 12.5. The van der Waals surface area contributed by atoms with E-state index in [-0.39, 0.29) is 23.1 Å². The molecule has 0 saturated heterocycles. The van der Waals surface area contributed by atoms with Gasteiger partial charge in [0.25, 0.3) is 0 Å². The molecule has 0 aliphatic heterocycles. The van der Waals surface area contributed by atoms with Gasteiger partial charge in [0.05, 0.1) is 24.1 Å². The zero-order chi connectivity index (χ0) is 20.2. The summed E-state index contributed by atoms with van der Waals surface area (Å²) in [5.41, 5.74) is 0.933. The molecule has 2 aromatic carbocycles. The molecule has 1 unspecified atom stereocenters. The fourth-order valence-electron chi connectivity index (χ4n) is 2.54. The average molecular weight is 415 g/mol. The van der Waals surface area contributed by atoms with Crippen LogP contribution in [0.1, 0.15) is 12.5 Å². The van der Waals surface area contributed by atoms with E-state index in [2.05, 4.69) is 5.32 Å². The van der Waals surface area contributed by atoms with Crippen molar-refractivity contribution in [1.82, 2.24) is 5.32 Å². The van der Waals surface area contributed by atoms with E-state index in [1.807, 2.05) is 0 Å². The molecule has 1 N–H and O–H groups in total. The van der Waals surface area contributed by atoms with E-state index in [1.54, 1.807) is 0 Å². The Kier molecular flexibility index (Phi) is 6.67. The van der Waals surface area contributed by atoms with Crippen LogP contribution >= 0.6 is 11.6 Å². The number of nitrogens with zero attached hydrogens (tertiary/aromatic N) is 1. The van der Waals surface area contributed by atoms with E-state index in [0.717, 1.165) is 10.6 Å². The van der Waals surface area contributed by atoms with Gasteiger partial charge < -0.3 is 10.1 Å². The lowest BCUT2D eigenvalue weighted by atomic mass is 10.2. The molecule has 0 bridgehead atoms. The normalized spacial score (nSPS) is 12.3. The number of halogens is 2. The summed E-state index contributed by atoms with van der Waals surface area (Å²) in [6.45, 7) is 1.61. The summed E-state index contributed by atoms with van der Waals surface area (Å²) < 4.78 is 43.6. The highest BCUT2D eigenvalue weighted by Crippen LogP contribution is 2.31. The van der Waals surface area contributed by atoms with Crippen molar-refractivity contribution >= 4 is 33.2 Å². The van der Waals surface area contributed by atoms with Crippen LogP contribution in [0.15, 0.2) is 42.5 Å². The van der Waals surface area contributed by atoms with Crippen LogP contribution in [0.25, 0.3) is 0 Å². The molecule has 2 rings (SSSR count). The molecule has 0 radical (unpaired) electrons. The van der Waals surface area contributed by atoms with Crippen LogP contribution in [0.5, 0.6) is 5.75 Å². The Morgan fingerprint density at radius 1 is 1.26 bits per heavy atom. The summed E-state index contributed by atoms with van der Waals surface area (Å²) >= 11 is 6.08. The summed E-state index contributed by atoms with van der Waals surface area (Å²) in [5, 5.41) is 2.88. The van der Waals surface area contributed by atoms with Gasteiger partial charge >= 0.3 is 0 Å². The average Bonchev–Trinajstić information content (AvgIpc) is 2.60. The molecule has 1 amide bonds. The fourth-order valence-corrected chi connectivity index (χ4v) is 3.96. The Bertz CT molecular complexity index is 919. The molecule has 2 aromatic rings. The number of hydrogen-bond donors (Lipinski definition) is 1. The topological polar surface area (TPSA) is 75.7 Å². The SMILES string of the molecule is COc1ccc(N(C(C)C(=O)NCc2ccc(F)cc2)S(C)(=O)=O)cc1Cl. The minimum absolute atomic E-state index is 0.143. The van der Waals surface area contributed by atoms with Gasteiger partial charge in [-0.2, -0.15) is 0 Å². The maximum atomic E-state index is 12.9. The molecule has 0 saturated carbocycles. The van der Waals surface area contributed by atoms with Crippen LogP contribution < -0.4 is 14.4 Å². The van der Waals surface area contributed by atoms with Gasteiger partial charge in [-0.15, -0.1) is 0 Å². The molecule has 1 atom stereocenters. The van der Waals surface area contributed by atoms with Crippen molar-refractivity contribution in [2.24, 2.45) is 0 Å². The second-order valence-corrected chi connectivity index (χ2v) is 8.16. The van der Waals surface area contributed by atoms with E-state index >= 15 is 0 Å². The third-order valence-electron chi connectivity index (χ3n) is 3.86. The van der Waals surface area contributed by atoms with Crippen LogP contribution in [0.2, 0.25) is 5.02 Å². The Morgan fingerprint density at radius 2 is 1.89 bits per heavy atom. The number of hydrogen-bond acceptors (Lipinski definition) is 4.